The molecular formula is C17H15N5O2. The molecule has 0 radical (unpaired) electrons. The fourth-order valence-electron chi connectivity index (χ4n) is 2.63. The minimum Gasteiger partial charge on any atom is -0.497 e. The molecule has 0 atom stereocenters. The van der Waals surface area contributed by atoms with Gasteiger partial charge in [0, 0.05) is 35.4 Å². The Morgan fingerprint density at radius 1 is 1.38 bits per heavy atom. The molecule has 7 heteroatoms. The first-order chi connectivity index (χ1) is 11.7. The third kappa shape index (κ3) is 2.45. The van der Waals surface area contributed by atoms with E-state index in [4.69, 9.17) is 4.74 Å². The van der Waals surface area contributed by atoms with Crippen LogP contribution in [-0.4, -0.2) is 32.6 Å². The maximum atomic E-state index is 12.4. The van der Waals surface area contributed by atoms with Gasteiger partial charge in [-0.25, -0.2) is 9.50 Å². The number of hydrogen-bond acceptors (Lipinski definition) is 4. The minimum atomic E-state index is -0.180. The lowest BCUT2D eigenvalue weighted by Crippen LogP contribution is -2.23. The molecule has 7 nitrogen and oxygen atoms in total. The Kier molecular flexibility index (Phi) is 3.38. The number of H-pyrrole nitrogens is 1. The largest absolute Gasteiger partial charge is 0.497 e. The number of methoxy groups -OCH3 is 1. The van der Waals surface area contributed by atoms with Gasteiger partial charge in [-0.1, -0.05) is 0 Å². The van der Waals surface area contributed by atoms with Gasteiger partial charge in [0.2, 0.25) is 0 Å². The third-order valence-electron chi connectivity index (χ3n) is 3.86. The van der Waals surface area contributed by atoms with Gasteiger partial charge in [-0.2, -0.15) is 5.10 Å². The van der Waals surface area contributed by atoms with Crippen molar-refractivity contribution in [3.05, 3.63) is 60.2 Å². The predicted octanol–water partition coefficient (Wildman–Crippen LogP) is 2.15. The van der Waals surface area contributed by atoms with Crippen LogP contribution in [0.4, 0.5) is 0 Å². The summed E-state index contributed by atoms with van der Waals surface area (Å²) in [7, 11) is 1.62. The van der Waals surface area contributed by atoms with E-state index in [-0.39, 0.29) is 5.91 Å². The molecule has 4 rings (SSSR count). The van der Waals surface area contributed by atoms with Gasteiger partial charge in [-0.15, -0.1) is 0 Å². The van der Waals surface area contributed by atoms with Gasteiger partial charge in [-0.3, -0.25) is 4.79 Å². The number of rotatable bonds is 4. The number of aromatic amines is 1. The Labute approximate surface area is 137 Å². The highest BCUT2D eigenvalue weighted by atomic mass is 16.5. The molecule has 24 heavy (non-hydrogen) atoms. The normalized spacial score (nSPS) is 11.0. The summed E-state index contributed by atoms with van der Waals surface area (Å²) in [6.07, 6.45) is 5.23. The van der Waals surface area contributed by atoms with Gasteiger partial charge in [0.1, 0.15) is 11.4 Å². The number of carbonyl (C=O) groups is 1. The molecule has 3 heterocycles. The molecule has 0 aliphatic rings. The van der Waals surface area contributed by atoms with Crippen molar-refractivity contribution in [3.8, 4) is 5.75 Å². The number of ether oxygens (including phenoxy) is 1. The molecular weight excluding hydrogens is 306 g/mol. The molecule has 0 unspecified atom stereocenters. The molecule has 0 bridgehead atoms. The van der Waals surface area contributed by atoms with E-state index in [1.807, 2.05) is 30.5 Å². The average Bonchev–Trinajstić information content (AvgIpc) is 3.23. The fraction of sp³-hybridized carbons (Fsp3) is 0.118. The lowest BCUT2D eigenvalue weighted by molar-refractivity contribution is 0.0947. The SMILES string of the molecule is COc1ccc2[nH]c(C(=O)NCc3cnn4cccnc34)cc2c1. The van der Waals surface area contributed by atoms with Crippen LogP contribution in [0.15, 0.2) is 48.9 Å². The molecule has 2 N–H and O–H groups in total. The second-order valence-corrected chi connectivity index (χ2v) is 5.38. The zero-order valence-electron chi connectivity index (χ0n) is 13.0. The van der Waals surface area contributed by atoms with Crippen LogP contribution < -0.4 is 10.1 Å². The van der Waals surface area contributed by atoms with Crippen molar-refractivity contribution >= 4 is 22.5 Å². The molecule has 0 fully saturated rings. The van der Waals surface area contributed by atoms with Gasteiger partial charge < -0.3 is 15.0 Å². The summed E-state index contributed by atoms with van der Waals surface area (Å²) >= 11 is 0. The molecule has 0 saturated heterocycles. The number of aromatic nitrogens is 4. The van der Waals surface area contributed by atoms with Gasteiger partial charge in [0.25, 0.3) is 5.91 Å². The topological polar surface area (TPSA) is 84.3 Å². The van der Waals surface area contributed by atoms with Crippen molar-refractivity contribution in [2.45, 2.75) is 6.54 Å². The smallest absolute Gasteiger partial charge is 0.267 e. The molecule has 4 aromatic rings. The van der Waals surface area contributed by atoms with Crippen LogP contribution in [-0.2, 0) is 6.54 Å². The van der Waals surface area contributed by atoms with Crippen molar-refractivity contribution in [1.82, 2.24) is 24.9 Å². The summed E-state index contributed by atoms with van der Waals surface area (Å²) in [5, 5.41) is 8.02. The Hall–Kier alpha value is -3.35. The molecule has 1 aromatic carbocycles. The standard InChI is InChI=1S/C17H15N5O2/c1-24-13-3-4-14-11(7-13)8-15(21-14)17(23)19-9-12-10-20-22-6-2-5-18-16(12)22/h2-8,10,21H,9H2,1H3,(H,19,23). The predicted molar refractivity (Wildman–Crippen MR) is 89.0 cm³/mol. The first-order valence-electron chi connectivity index (χ1n) is 7.47. The van der Waals surface area contributed by atoms with Crippen LogP contribution in [0.2, 0.25) is 0 Å². The number of hydrogen-bond donors (Lipinski definition) is 2. The van der Waals surface area contributed by atoms with E-state index in [0.29, 0.717) is 12.2 Å². The van der Waals surface area contributed by atoms with Gasteiger partial charge in [-0.05, 0) is 30.3 Å². The van der Waals surface area contributed by atoms with E-state index < -0.39 is 0 Å². The lowest BCUT2D eigenvalue weighted by atomic mass is 10.2. The monoisotopic (exact) mass is 321 g/mol. The highest BCUT2D eigenvalue weighted by Crippen LogP contribution is 2.21. The quantitative estimate of drug-likeness (QED) is 0.603. The van der Waals surface area contributed by atoms with Gasteiger partial charge in [0.15, 0.2) is 5.65 Å². The van der Waals surface area contributed by atoms with E-state index in [2.05, 4.69) is 20.4 Å². The number of fused-ring (bicyclic) bond motifs is 2. The van der Waals surface area contributed by atoms with Crippen molar-refractivity contribution in [2.75, 3.05) is 7.11 Å². The minimum absolute atomic E-state index is 0.180. The first kappa shape index (κ1) is 14.3. The Bertz CT molecular complexity index is 1030. The fourth-order valence-corrected chi connectivity index (χ4v) is 2.63. The Morgan fingerprint density at radius 3 is 3.17 bits per heavy atom. The van der Waals surface area contributed by atoms with Crippen molar-refractivity contribution in [1.29, 1.82) is 0 Å². The highest BCUT2D eigenvalue weighted by Gasteiger charge is 2.11. The maximum absolute atomic E-state index is 12.4. The van der Waals surface area contributed by atoms with E-state index >= 15 is 0 Å². The van der Waals surface area contributed by atoms with Crippen molar-refractivity contribution in [3.63, 3.8) is 0 Å². The van der Waals surface area contributed by atoms with E-state index in [1.54, 1.807) is 30.1 Å². The van der Waals surface area contributed by atoms with Crippen LogP contribution in [0.1, 0.15) is 16.1 Å². The van der Waals surface area contributed by atoms with Crippen molar-refractivity contribution < 1.29 is 9.53 Å². The molecule has 1 amide bonds. The summed E-state index contributed by atoms with van der Waals surface area (Å²) in [6.45, 7) is 0.359. The zero-order chi connectivity index (χ0) is 16.5. The summed E-state index contributed by atoms with van der Waals surface area (Å²) in [5.41, 5.74) is 2.99. The summed E-state index contributed by atoms with van der Waals surface area (Å²) in [4.78, 5) is 19.8. The molecule has 0 spiro atoms. The van der Waals surface area contributed by atoms with Gasteiger partial charge >= 0.3 is 0 Å². The molecule has 0 aliphatic heterocycles. The van der Waals surface area contributed by atoms with Crippen LogP contribution in [0.25, 0.3) is 16.6 Å². The second-order valence-electron chi connectivity index (χ2n) is 5.38. The summed E-state index contributed by atoms with van der Waals surface area (Å²) < 4.78 is 6.88. The highest BCUT2D eigenvalue weighted by molar-refractivity contribution is 5.98. The third-order valence-corrected chi connectivity index (χ3v) is 3.86. The van der Waals surface area contributed by atoms with Crippen LogP contribution in [0, 0.1) is 0 Å². The maximum Gasteiger partial charge on any atom is 0.267 e. The number of benzene rings is 1. The Morgan fingerprint density at radius 2 is 2.29 bits per heavy atom. The summed E-state index contributed by atoms with van der Waals surface area (Å²) in [6, 6.07) is 9.24. The molecule has 0 aliphatic carbocycles. The van der Waals surface area contributed by atoms with E-state index in [9.17, 15) is 4.79 Å². The van der Waals surface area contributed by atoms with Crippen LogP contribution in [0.3, 0.4) is 0 Å². The van der Waals surface area contributed by atoms with Crippen molar-refractivity contribution in [2.24, 2.45) is 0 Å². The van der Waals surface area contributed by atoms with E-state index in [1.165, 1.54) is 0 Å². The lowest BCUT2D eigenvalue weighted by Gasteiger charge is -2.02. The number of amides is 1. The molecule has 3 aromatic heterocycles. The van der Waals surface area contributed by atoms with Crippen LogP contribution >= 0.6 is 0 Å². The van der Waals surface area contributed by atoms with E-state index in [0.717, 1.165) is 27.9 Å². The molecule has 0 saturated carbocycles. The van der Waals surface area contributed by atoms with Gasteiger partial charge in [0.05, 0.1) is 13.3 Å². The number of carbonyl (C=O) groups excluding carboxylic acids is 1. The molecule has 120 valence electrons. The summed E-state index contributed by atoms with van der Waals surface area (Å²) in [5.74, 6) is 0.575. The number of nitrogens with one attached hydrogen (secondary N) is 2. The van der Waals surface area contributed by atoms with Crippen LogP contribution in [0.5, 0.6) is 5.75 Å². The average molecular weight is 321 g/mol. The second kappa shape index (κ2) is 5.69. The number of nitrogens with zero attached hydrogens (tertiary/aromatic N) is 3. The zero-order valence-corrected chi connectivity index (χ0v) is 13.0. The first-order valence-corrected chi connectivity index (χ1v) is 7.47. The Balaban J connectivity index is 1.53.